The molecule has 0 saturated heterocycles. The summed E-state index contributed by atoms with van der Waals surface area (Å²) in [6, 6.07) is 1.52. The minimum atomic E-state index is -0.0879. The van der Waals surface area contributed by atoms with Gasteiger partial charge in [0, 0.05) is 24.8 Å². The minimum Gasteiger partial charge on any atom is -0.356 e. The van der Waals surface area contributed by atoms with Crippen molar-refractivity contribution in [3.63, 3.8) is 0 Å². The molecular weight excluding hydrogens is 334 g/mol. The second kappa shape index (κ2) is 8.21. The number of nitrogens with one attached hydrogen (secondary N) is 1. The third kappa shape index (κ3) is 4.54. The molecule has 0 fully saturated rings. The van der Waals surface area contributed by atoms with Gasteiger partial charge >= 0.3 is 0 Å². The van der Waals surface area contributed by atoms with Crippen molar-refractivity contribution in [2.24, 2.45) is 0 Å². The highest BCUT2D eigenvalue weighted by molar-refractivity contribution is 7.99. The highest BCUT2D eigenvalue weighted by Gasteiger charge is 2.27. The number of carbonyl (C=O) groups excluding carboxylic acids is 1. The van der Waals surface area contributed by atoms with Gasteiger partial charge in [-0.1, -0.05) is 37.3 Å². The molecule has 1 atom stereocenters. The van der Waals surface area contributed by atoms with Crippen LogP contribution in [0.15, 0.2) is 27.7 Å². The number of hydrogen-bond donors (Lipinski definition) is 1. The number of thioether (sulfide) groups is 1. The monoisotopic (exact) mass is 361 g/mol. The lowest BCUT2D eigenvalue weighted by Gasteiger charge is -2.15. The quantitative estimate of drug-likeness (QED) is 0.623. The van der Waals surface area contributed by atoms with Gasteiger partial charge in [-0.3, -0.25) is 14.2 Å². The molecule has 136 valence electrons. The van der Waals surface area contributed by atoms with Crippen molar-refractivity contribution >= 4 is 17.7 Å². The molecule has 1 aromatic rings. The number of aromatic nitrogens is 2. The Kier molecular flexibility index (Phi) is 5.99. The van der Waals surface area contributed by atoms with Crippen LogP contribution in [-0.4, -0.2) is 27.8 Å². The largest absolute Gasteiger partial charge is 0.356 e. The van der Waals surface area contributed by atoms with Gasteiger partial charge in [0.1, 0.15) is 0 Å². The number of hydrogen-bond acceptors (Lipinski definition) is 4. The Hall–Kier alpha value is -1.56. The van der Waals surface area contributed by atoms with Gasteiger partial charge in [0.05, 0.1) is 11.7 Å². The molecule has 0 aromatic carbocycles. The standard InChI is InChI=1S/C19H27N3O2S/c1-13(2)16-11-18(24)22-15(12-25-19(22)21-16)10-17(23)20-9-8-14-6-4-3-5-7-14/h6,11,13,15H,3-5,7-10,12H2,1-2H3,(H,20,23). The first kappa shape index (κ1) is 18.2. The van der Waals surface area contributed by atoms with Gasteiger partial charge in [0.2, 0.25) is 5.91 Å². The fourth-order valence-electron chi connectivity index (χ4n) is 3.40. The van der Waals surface area contributed by atoms with Gasteiger partial charge in [0.15, 0.2) is 5.16 Å². The second-order valence-corrected chi connectivity index (χ2v) is 8.19. The zero-order valence-electron chi connectivity index (χ0n) is 15.1. The number of fused-ring (bicyclic) bond motifs is 1. The fourth-order valence-corrected chi connectivity index (χ4v) is 4.55. The Balaban J connectivity index is 1.55. The summed E-state index contributed by atoms with van der Waals surface area (Å²) in [5, 5.41) is 3.76. The SMILES string of the molecule is CC(C)c1cc(=O)n2c(n1)SCC2CC(=O)NCCC1=CCCCC1. The van der Waals surface area contributed by atoms with E-state index in [0.29, 0.717) is 13.0 Å². The Labute approximate surface area is 153 Å². The van der Waals surface area contributed by atoms with Crippen molar-refractivity contribution < 1.29 is 4.79 Å². The van der Waals surface area contributed by atoms with Crippen LogP contribution < -0.4 is 10.9 Å². The first-order valence-electron chi connectivity index (χ1n) is 9.25. The molecule has 0 saturated carbocycles. The van der Waals surface area contributed by atoms with Crippen molar-refractivity contribution in [1.82, 2.24) is 14.9 Å². The highest BCUT2D eigenvalue weighted by Crippen LogP contribution is 2.32. The van der Waals surface area contributed by atoms with E-state index in [1.165, 1.54) is 31.3 Å². The van der Waals surface area contributed by atoms with Crippen molar-refractivity contribution in [2.45, 2.75) is 69.5 Å². The van der Waals surface area contributed by atoms with Gasteiger partial charge in [-0.05, 0) is 38.0 Å². The third-order valence-corrected chi connectivity index (χ3v) is 5.97. The van der Waals surface area contributed by atoms with Crippen molar-refractivity contribution in [3.05, 3.63) is 33.8 Å². The molecule has 0 bridgehead atoms. The summed E-state index contributed by atoms with van der Waals surface area (Å²) in [4.78, 5) is 29.3. The van der Waals surface area contributed by atoms with E-state index >= 15 is 0 Å². The molecule has 2 heterocycles. The maximum absolute atomic E-state index is 12.4. The molecule has 25 heavy (non-hydrogen) atoms. The van der Waals surface area contributed by atoms with E-state index in [1.807, 2.05) is 13.8 Å². The summed E-state index contributed by atoms with van der Waals surface area (Å²) in [6.07, 6.45) is 8.51. The summed E-state index contributed by atoms with van der Waals surface area (Å²) >= 11 is 1.57. The first-order chi connectivity index (χ1) is 12.0. The Bertz CT molecular complexity index is 724. The van der Waals surface area contributed by atoms with Crippen LogP contribution in [0.3, 0.4) is 0 Å². The fraction of sp³-hybridized carbons (Fsp3) is 0.632. The smallest absolute Gasteiger partial charge is 0.254 e. The van der Waals surface area contributed by atoms with Crippen LogP contribution in [0, 0.1) is 0 Å². The maximum atomic E-state index is 12.4. The molecular formula is C19H27N3O2S. The van der Waals surface area contributed by atoms with Crippen molar-refractivity contribution in [3.8, 4) is 0 Å². The minimum absolute atomic E-state index is 0.0229. The summed E-state index contributed by atoms with van der Waals surface area (Å²) in [5.74, 6) is 0.993. The van der Waals surface area contributed by atoms with Crippen LogP contribution in [0.2, 0.25) is 0 Å². The first-order valence-corrected chi connectivity index (χ1v) is 10.2. The zero-order chi connectivity index (χ0) is 17.8. The molecule has 0 spiro atoms. The molecule has 1 aromatic heterocycles. The number of nitrogens with zero attached hydrogens (tertiary/aromatic N) is 2. The van der Waals surface area contributed by atoms with E-state index in [4.69, 9.17) is 0 Å². The van der Waals surface area contributed by atoms with Crippen LogP contribution >= 0.6 is 11.8 Å². The number of rotatable bonds is 6. The lowest BCUT2D eigenvalue weighted by atomic mass is 9.97. The summed E-state index contributed by atoms with van der Waals surface area (Å²) in [7, 11) is 0. The normalized spacial score (nSPS) is 19.6. The van der Waals surface area contributed by atoms with Crippen molar-refractivity contribution in [2.75, 3.05) is 12.3 Å². The molecule has 1 amide bonds. The lowest BCUT2D eigenvalue weighted by molar-refractivity contribution is -0.121. The van der Waals surface area contributed by atoms with Crippen LogP contribution in [0.4, 0.5) is 0 Å². The van der Waals surface area contributed by atoms with Crippen LogP contribution in [0.1, 0.15) is 70.0 Å². The average molecular weight is 362 g/mol. The molecule has 0 radical (unpaired) electrons. The summed E-state index contributed by atoms with van der Waals surface area (Å²) < 4.78 is 1.69. The molecule has 5 nitrogen and oxygen atoms in total. The summed E-state index contributed by atoms with van der Waals surface area (Å²) in [6.45, 7) is 4.76. The maximum Gasteiger partial charge on any atom is 0.254 e. The molecule has 1 N–H and O–H groups in total. The molecule has 1 unspecified atom stereocenters. The van der Waals surface area contributed by atoms with Gasteiger partial charge in [-0.15, -0.1) is 0 Å². The predicted octanol–water partition coefficient (Wildman–Crippen LogP) is 3.41. The second-order valence-electron chi connectivity index (χ2n) is 7.20. The highest BCUT2D eigenvalue weighted by atomic mass is 32.2. The third-order valence-electron chi connectivity index (χ3n) is 4.88. The van der Waals surface area contributed by atoms with E-state index in [1.54, 1.807) is 22.4 Å². The lowest BCUT2D eigenvalue weighted by Crippen LogP contribution is -2.31. The van der Waals surface area contributed by atoms with Gasteiger partial charge in [-0.2, -0.15) is 0 Å². The van der Waals surface area contributed by atoms with E-state index in [0.717, 1.165) is 23.0 Å². The Morgan fingerprint density at radius 2 is 2.28 bits per heavy atom. The average Bonchev–Trinajstić information content (AvgIpc) is 2.99. The zero-order valence-corrected chi connectivity index (χ0v) is 15.9. The van der Waals surface area contributed by atoms with Gasteiger partial charge in [0.25, 0.3) is 5.56 Å². The van der Waals surface area contributed by atoms with Crippen molar-refractivity contribution in [1.29, 1.82) is 0 Å². The Morgan fingerprint density at radius 3 is 3.00 bits per heavy atom. The predicted molar refractivity (Wildman–Crippen MR) is 101 cm³/mol. The molecule has 1 aliphatic heterocycles. The summed E-state index contributed by atoms with van der Waals surface area (Å²) in [5.41, 5.74) is 2.26. The van der Waals surface area contributed by atoms with E-state index in [9.17, 15) is 9.59 Å². The van der Waals surface area contributed by atoms with E-state index < -0.39 is 0 Å². The molecule has 6 heteroatoms. The van der Waals surface area contributed by atoms with Crippen LogP contribution in [0.5, 0.6) is 0 Å². The molecule has 1 aliphatic carbocycles. The number of allylic oxidation sites excluding steroid dienone is 1. The van der Waals surface area contributed by atoms with E-state index in [-0.39, 0.29) is 23.4 Å². The van der Waals surface area contributed by atoms with Gasteiger partial charge < -0.3 is 5.32 Å². The van der Waals surface area contributed by atoms with Crippen LogP contribution in [-0.2, 0) is 4.79 Å². The van der Waals surface area contributed by atoms with E-state index in [2.05, 4.69) is 16.4 Å². The topological polar surface area (TPSA) is 64.0 Å². The number of carbonyl (C=O) groups is 1. The molecule has 2 aliphatic rings. The van der Waals surface area contributed by atoms with Crippen LogP contribution in [0.25, 0.3) is 0 Å². The number of amides is 1. The van der Waals surface area contributed by atoms with Gasteiger partial charge in [-0.25, -0.2) is 4.98 Å². The molecule has 3 rings (SSSR count). The Morgan fingerprint density at radius 1 is 1.44 bits per heavy atom.